The number of ether oxygens (including phenoxy) is 2. The zero-order valence-electron chi connectivity index (χ0n) is 8.53. The summed E-state index contributed by atoms with van der Waals surface area (Å²) in [5.41, 5.74) is 6.35. The van der Waals surface area contributed by atoms with Crippen molar-refractivity contribution in [2.75, 3.05) is 13.9 Å². The monoisotopic (exact) mass is 207 g/mol. The maximum Gasteiger partial charge on any atom is 0.188 e. The summed E-state index contributed by atoms with van der Waals surface area (Å²) in [4.78, 5) is 0. The van der Waals surface area contributed by atoms with Gasteiger partial charge in [0.2, 0.25) is 0 Å². The molecule has 1 aromatic carbocycles. The van der Waals surface area contributed by atoms with Crippen molar-refractivity contribution in [3.8, 4) is 5.75 Å². The van der Waals surface area contributed by atoms with Crippen LogP contribution in [0.25, 0.3) is 11.0 Å². The fraction of sp³-hybridized carbons (Fsp3) is 0.273. The van der Waals surface area contributed by atoms with Crippen molar-refractivity contribution in [1.82, 2.24) is 0 Å². The van der Waals surface area contributed by atoms with Crippen LogP contribution in [-0.2, 0) is 11.3 Å². The third-order valence-electron chi connectivity index (χ3n) is 2.12. The molecule has 4 heteroatoms. The van der Waals surface area contributed by atoms with E-state index in [4.69, 9.17) is 19.6 Å². The summed E-state index contributed by atoms with van der Waals surface area (Å²) in [6.07, 6.45) is 0. The van der Waals surface area contributed by atoms with Crippen molar-refractivity contribution in [2.24, 2.45) is 5.73 Å². The Hall–Kier alpha value is -1.52. The van der Waals surface area contributed by atoms with Gasteiger partial charge in [-0.25, -0.2) is 0 Å². The Bertz CT molecular complexity index is 450. The largest absolute Gasteiger partial charge is 0.463 e. The Labute approximate surface area is 87.6 Å². The van der Waals surface area contributed by atoms with Gasteiger partial charge in [0, 0.05) is 7.11 Å². The third kappa shape index (κ3) is 1.82. The number of rotatable bonds is 4. The molecule has 0 unspecified atom stereocenters. The van der Waals surface area contributed by atoms with Crippen LogP contribution in [0.5, 0.6) is 5.75 Å². The SMILES string of the molecule is COCOc1c(CN)oc2ccccc12. The van der Waals surface area contributed by atoms with E-state index in [0.29, 0.717) is 18.1 Å². The van der Waals surface area contributed by atoms with E-state index in [9.17, 15) is 0 Å². The Balaban J connectivity index is 2.47. The Morgan fingerprint density at radius 3 is 2.87 bits per heavy atom. The van der Waals surface area contributed by atoms with Crippen LogP contribution in [0.4, 0.5) is 0 Å². The fourth-order valence-corrected chi connectivity index (χ4v) is 1.48. The summed E-state index contributed by atoms with van der Waals surface area (Å²) in [6.45, 7) is 0.504. The standard InChI is InChI=1S/C11H13NO3/c1-13-7-14-11-8-4-2-3-5-9(8)15-10(11)6-12/h2-5H,6-7,12H2,1H3. The molecule has 0 aliphatic heterocycles. The molecule has 0 bridgehead atoms. The topological polar surface area (TPSA) is 57.6 Å². The van der Waals surface area contributed by atoms with Gasteiger partial charge in [0.1, 0.15) is 5.58 Å². The number of para-hydroxylation sites is 1. The van der Waals surface area contributed by atoms with Crippen LogP contribution < -0.4 is 10.5 Å². The predicted octanol–water partition coefficient (Wildman–Crippen LogP) is 1.87. The van der Waals surface area contributed by atoms with Crippen molar-refractivity contribution < 1.29 is 13.9 Å². The highest BCUT2D eigenvalue weighted by Gasteiger charge is 2.13. The van der Waals surface area contributed by atoms with Crippen molar-refractivity contribution in [2.45, 2.75) is 6.54 Å². The van der Waals surface area contributed by atoms with Gasteiger partial charge in [-0.15, -0.1) is 0 Å². The maximum atomic E-state index is 5.57. The van der Waals surface area contributed by atoms with Crippen molar-refractivity contribution in [1.29, 1.82) is 0 Å². The summed E-state index contributed by atoms with van der Waals surface area (Å²) in [5.74, 6) is 1.32. The number of hydrogen-bond donors (Lipinski definition) is 1. The molecular formula is C11H13NO3. The number of hydrogen-bond acceptors (Lipinski definition) is 4. The van der Waals surface area contributed by atoms with Crippen molar-refractivity contribution in [3.63, 3.8) is 0 Å². The molecular weight excluding hydrogens is 194 g/mol. The summed E-state index contributed by atoms with van der Waals surface area (Å²) in [5, 5.41) is 0.926. The van der Waals surface area contributed by atoms with E-state index in [2.05, 4.69) is 0 Å². The van der Waals surface area contributed by atoms with Gasteiger partial charge < -0.3 is 19.6 Å². The van der Waals surface area contributed by atoms with Gasteiger partial charge in [-0.05, 0) is 12.1 Å². The summed E-state index contributed by atoms with van der Waals surface area (Å²) < 4.78 is 15.8. The molecule has 0 aliphatic rings. The molecule has 0 radical (unpaired) electrons. The predicted molar refractivity (Wildman–Crippen MR) is 56.6 cm³/mol. The molecule has 1 aromatic heterocycles. The molecule has 0 fully saturated rings. The molecule has 0 saturated heterocycles. The minimum absolute atomic E-state index is 0.191. The number of benzene rings is 1. The molecule has 1 heterocycles. The molecule has 2 aromatic rings. The Kier molecular flexibility index (Phi) is 2.89. The Morgan fingerprint density at radius 2 is 2.13 bits per heavy atom. The molecule has 80 valence electrons. The van der Waals surface area contributed by atoms with Gasteiger partial charge in [0.15, 0.2) is 18.3 Å². The molecule has 0 amide bonds. The maximum absolute atomic E-state index is 5.57. The summed E-state index contributed by atoms with van der Waals surface area (Å²) >= 11 is 0. The van der Waals surface area contributed by atoms with Crippen LogP contribution in [0.3, 0.4) is 0 Å². The number of fused-ring (bicyclic) bond motifs is 1. The average molecular weight is 207 g/mol. The third-order valence-corrected chi connectivity index (χ3v) is 2.12. The van der Waals surface area contributed by atoms with Crippen molar-refractivity contribution in [3.05, 3.63) is 30.0 Å². The van der Waals surface area contributed by atoms with Crippen molar-refractivity contribution >= 4 is 11.0 Å². The zero-order chi connectivity index (χ0) is 10.7. The van der Waals surface area contributed by atoms with E-state index in [1.165, 1.54) is 0 Å². The molecule has 0 saturated carbocycles. The fourth-order valence-electron chi connectivity index (χ4n) is 1.48. The van der Waals surface area contributed by atoms with E-state index in [0.717, 1.165) is 11.0 Å². The first kappa shape index (κ1) is 10.0. The first-order chi connectivity index (χ1) is 7.36. The normalized spacial score (nSPS) is 10.8. The average Bonchev–Trinajstić information content (AvgIpc) is 2.64. The summed E-state index contributed by atoms with van der Waals surface area (Å²) in [6, 6.07) is 7.65. The Morgan fingerprint density at radius 1 is 1.33 bits per heavy atom. The second-order valence-corrected chi connectivity index (χ2v) is 3.11. The van der Waals surface area contributed by atoms with E-state index >= 15 is 0 Å². The highest BCUT2D eigenvalue weighted by atomic mass is 16.7. The highest BCUT2D eigenvalue weighted by Crippen LogP contribution is 2.32. The van der Waals surface area contributed by atoms with Gasteiger partial charge in [-0.2, -0.15) is 0 Å². The molecule has 4 nitrogen and oxygen atoms in total. The van der Waals surface area contributed by atoms with Gasteiger partial charge in [-0.1, -0.05) is 12.1 Å². The van der Waals surface area contributed by atoms with E-state index in [1.807, 2.05) is 24.3 Å². The quantitative estimate of drug-likeness (QED) is 0.777. The second-order valence-electron chi connectivity index (χ2n) is 3.11. The lowest BCUT2D eigenvalue weighted by Crippen LogP contribution is -2.02. The molecule has 0 atom stereocenters. The molecule has 2 N–H and O–H groups in total. The lowest BCUT2D eigenvalue weighted by atomic mass is 10.2. The lowest BCUT2D eigenvalue weighted by Gasteiger charge is -2.03. The molecule has 15 heavy (non-hydrogen) atoms. The van der Waals surface area contributed by atoms with Gasteiger partial charge in [0.25, 0.3) is 0 Å². The summed E-state index contributed by atoms with van der Waals surface area (Å²) in [7, 11) is 1.57. The molecule has 2 rings (SSSR count). The smallest absolute Gasteiger partial charge is 0.188 e. The molecule has 0 aliphatic carbocycles. The zero-order valence-corrected chi connectivity index (χ0v) is 8.53. The van der Waals surface area contributed by atoms with Crippen LogP contribution >= 0.6 is 0 Å². The first-order valence-corrected chi connectivity index (χ1v) is 4.69. The number of furan rings is 1. The van der Waals surface area contributed by atoms with Gasteiger partial charge in [0.05, 0.1) is 11.9 Å². The number of nitrogens with two attached hydrogens (primary N) is 1. The van der Waals surface area contributed by atoms with Crippen LogP contribution in [0, 0.1) is 0 Å². The van der Waals surface area contributed by atoms with E-state index < -0.39 is 0 Å². The lowest BCUT2D eigenvalue weighted by molar-refractivity contribution is 0.0506. The second kappa shape index (κ2) is 4.33. The minimum Gasteiger partial charge on any atom is -0.463 e. The van der Waals surface area contributed by atoms with E-state index in [1.54, 1.807) is 7.11 Å². The number of methoxy groups -OCH3 is 1. The van der Waals surface area contributed by atoms with Crippen LogP contribution in [0.2, 0.25) is 0 Å². The van der Waals surface area contributed by atoms with Gasteiger partial charge in [-0.3, -0.25) is 0 Å². The first-order valence-electron chi connectivity index (χ1n) is 4.69. The van der Waals surface area contributed by atoms with Gasteiger partial charge >= 0.3 is 0 Å². The molecule has 0 spiro atoms. The highest BCUT2D eigenvalue weighted by molar-refractivity contribution is 5.85. The van der Waals surface area contributed by atoms with E-state index in [-0.39, 0.29) is 6.79 Å². The van der Waals surface area contributed by atoms with Crippen LogP contribution in [0.15, 0.2) is 28.7 Å². The van der Waals surface area contributed by atoms with Crippen LogP contribution in [-0.4, -0.2) is 13.9 Å². The van der Waals surface area contributed by atoms with Crippen LogP contribution in [0.1, 0.15) is 5.76 Å². The minimum atomic E-state index is 0.191.